The summed E-state index contributed by atoms with van der Waals surface area (Å²) in [7, 11) is 0. The summed E-state index contributed by atoms with van der Waals surface area (Å²) in [6.07, 6.45) is 5.13. The second-order valence-electron chi connectivity index (χ2n) is 4.21. The Balaban J connectivity index is 1.81. The molecule has 0 aromatic rings. The maximum Gasteiger partial charge on any atom is 0.101 e. The Kier molecular flexibility index (Phi) is 3.49. The van der Waals surface area contributed by atoms with Crippen molar-refractivity contribution in [2.24, 2.45) is 17.8 Å². The molecule has 1 unspecified atom stereocenters. The highest BCUT2D eigenvalue weighted by atomic mass is 35.5. The van der Waals surface area contributed by atoms with Crippen molar-refractivity contribution < 1.29 is 9.78 Å². The fraction of sp³-hybridized carbons (Fsp3) is 0.667. The van der Waals surface area contributed by atoms with Crippen LogP contribution >= 0.6 is 11.6 Å². The first-order valence-electron chi connectivity index (χ1n) is 5.55. The smallest absolute Gasteiger partial charge is 0.101 e. The van der Waals surface area contributed by atoms with Crippen LogP contribution in [0.2, 0.25) is 0 Å². The quantitative estimate of drug-likeness (QED) is 0.409. The third-order valence-electron chi connectivity index (χ3n) is 3.31. The molecule has 1 saturated carbocycles. The van der Waals surface area contributed by atoms with E-state index in [9.17, 15) is 0 Å². The van der Waals surface area contributed by atoms with Crippen molar-refractivity contribution in [3.63, 3.8) is 0 Å². The molecule has 0 spiro atoms. The molecule has 0 radical (unpaired) electrons. The second-order valence-corrected chi connectivity index (χ2v) is 4.66. The van der Waals surface area contributed by atoms with Crippen LogP contribution in [-0.2, 0) is 9.78 Å². The van der Waals surface area contributed by atoms with Crippen molar-refractivity contribution in [1.82, 2.24) is 0 Å². The molecule has 0 N–H and O–H groups in total. The van der Waals surface area contributed by atoms with Crippen molar-refractivity contribution in [2.45, 2.75) is 20.3 Å². The molecule has 0 aromatic heterocycles. The lowest BCUT2D eigenvalue weighted by Gasteiger charge is -2.01. The number of hydrogen-bond acceptors (Lipinski definition) is 2. The molecule has 0 bridgehead atoms. The molecule has 84 valence electrons. The first-order chi connectivity index (χ1) is 7.25. The topological polar surface area (TPSA) is 18.5 Å². The number of hydrogen-bond donors (Lipinski definition) is 0. The van der Waals surface area contributed by atoms with Crippen LogP contribution in [0.4, 0.5) is 0 Å². The van der Waals surface area contributed by atoms with Crippen LogP contribution in [0.25, 0.3) is 0 Å². The Morgan fingerprint density at radius 2 is 2.27 bits per heavy atom. The zero-order chi connectivity index (χ0) is 10.8. The van der Waals surface area contributed by atoms with Gasteiger partial charge in [-0.2, -0.15) is 0 Å². The van der Waals surface area contributed by atoms with Gasteiger partial charge >= 0.3 is 0 Å². The van der Waals surface area contributed by atoms with Gasteiger partial charge in [-0.05, 0) is 36.7 Å². The van der Waals surface area contributed by atoms with Crippen LogP contribution in [0.5, 0.6) is 0 Å². The molecular formula is C12H17ClO2. The molecule has 0 aromatic carbocycles. The summed E-state index contributed by atoms with van der Waals surface area (Å²) < 4.78 is 0. The van der Waals surface area contributed by atoms with E-state index in [1.165, 1.54) is 5.57 Å². The van der Waals surface area contributed by atoms with Crippen LogP contribution in [0.1, 0.15) is 20.3 Å². The maximum atomic E-state index is 6.17. The molecule has 0 heterocycles. The number of fused-ring (bicyclic) bond motifs is 1. The molecule has 0 saturated heterocycles. The standard InChI is InChI=1S/C12H17ClO2/c1-3-14-15-6-4-5-9-11(13)7-10-8(2)12(9)10/h4-5,8,10,12H,3,6-7H2,1-2H3/b5-4+/t8?,10-,12-/m1/s1. The Morgan fingerprint density at radius 3 is 2.93 bits per heavy atom. The van der Waals surface area contributed by atoms with E-state index in [0.717, 1.165) is 23.3 Å². The fourth-order valence-corrected chi connectivity index (χ4v) is 2.79. The third-order valence-corrected chi connectivity index (χ3v) is 3.68. The largest absolute Gasteiger partial charge is 0.237 e. The van der Waals surface area contributed by atoms with Crippen molar-refractivity contribution in [2.75, 3.05) is 13.2 Å². The molecular weight excluding hydrogens is 212 g/mol. The number of rotatable bonds is 5. The minimum Gasteiger partial charge on any atom is -0.237 e. The van der Waals surface area contributed by atoms with E-state index in [0.29, 0.717) is 19.1 Å². The molecule has 1 fully saturated rings. The number of allylic oxidation sites excluding steroid dienone is 3. The highest BCUT2D eigenvalue weighted by Crippen LogP contribution is 2.60. The number of halogens is 1. The van der Waals surface area contributed by atoms with Crippen LogP contribution in [-0.4, -0.2) is 13.2 Å². The van der Waals surface area contributed by atoms with Gasteiger partial charge in [-0.1, -0.05) is 30.7 Å². The Morgan fingerprint density at radius 1 is 1.47 bits per heavy atom. The van der Waals surface area contributed by atoms with Gasteiger partial charge in [0.2, 0.25) is 0 Å². The van der Waals surface area contributed by atoms with Crippen molar-refractivity contribution in [3.05, 3.63) is 22.8 Å². The monoisotopic (exact) mass is 228 g/mol. The van der Waals surface area contributed by atoms with E-state index >= 15 is 0 Å². The van der Waals surface area contributed by atoms with Gasteiger partial charge in [0.05, 0.1) is 6.61 Å². The Hall–Kier alpha value is -0.310. The van der Waals surface area contributed by atoms with E-state index in [4.69, 9.17) is 21.4 Å². The first-order valence-corrected chi connectivity index (χ1v) is 5.93. The van der Waals surface area contributed by atoms with Crippen LogP contribution in [0, 0.1) is 17.8 Å². The normalized spacial score (nSPS) is 33.9. The molecule has 3 heteroatoms. The van der Waals surface area contributed by atoms with Crippen molar-refractivity contribution in [1.29, 1.82) is 0 Å². The van der Waals surface area contributed by atoms with Gasteiger partial charge in [-0.3, -0.25) is 0 Å². The summed E-state index contributed by atoms with van der Waals surface area (Å²) in [5.74, 6) is 2.34. The van der Waals surface area contributed by atoms with Gasteiger partial charge in [0.15, 0.2) is 0 Å². The maximum absolute atomic E-state index is 6.17. The van der Waals surface area contributed by atoms with Crippen molar-refractivity contribution in [3.8, 4) is 0 Å². The summed E-state index contributed by atoms with van der Waals surface area (Å²) in [4.78, 5) is 9.68. The third kappa shape index (κ3) is 2.27. The Bertz CT molecular complexity index is 296. The summed E-state index contributed by atoms with van der Waals surface area (Å²) in [6, 6.07) is 0. The van der Waals surface area contributed by atoms with E-state index in [-0.39, 0.29) is 0 Å². The Labute approximate surface area is 95.8 Å². The predicted molar refractivity (Wildman–Crippen MR) is 60.4 cm³/mol. The van der Waals surface area contributed by atoms with Gasteiger partial charge in [0.1, 0.15) is 6.61 Å². The van der Waals surface area contributed by atoms with E-state index in [1.807, 2.05) is 13.0 Å². The van der Waals surface area contributed by atoms with Gasteiger partial charge in [0, 0.05) is 5.03 Å². The average molecular weight is 229 g/mol. The van der Waals surface area contributed by atoms with Gasteiger partial charge in [0.25, 0.3) is 0 Å². The van der Waals surface area contributed by atoms with E-state index < -0.39 is 0 Å². The van der Waals surface area contributed by atoms with Crippen LogP contribution in [0.15, 0.2) is 22.8 Å². The average Bonchev–Trinajstić information content (AvgIpc) is 2.70. The lowest BCUT2D eigenvalue weighted by molar-refractivity contribution is -0.282. The molecule has 2 aliphatic carbocycles. The van der Waals surface area contributed by atoms with E-state index in [1.54, 1.807) is 0 Å². The predicted octanol–water partition coefficient (Wildman–Crippen LogP) is 3.29. The summed E-state index contributed by atoms with van der Waals surface area (Å²) in [6.45, 7) is 5.27. The molecule has 2 rings (SSSR count). The molecule has 15 heavy (non-hydrogen) atoms. The molecule has 2 aliphatic rings. The van der Waals surface area contributed by atoms with Crippen LogP contribution < -0.4 is 0 Å². The highest BCUT2D eigenvalue weighted by molar-refractivity contribution is 6.30. The van der Waals surface area contributed by atoms with Crippen molar-refractivity contribution >= 4 is 11.6 Å². The summed E-state index contributed by atoms with van der Waals surface area (Å²) >= 11 is 6.17. The SMILES string of the molecule is CCOOC/C=C/C1=C(Cl)C[C@@H]2C(C)[C@H]12. The van der Waals surface area contributed by atoms with Gasteiger partial charge < -0.3 is 0 Å². The second kappa shape index (κ2) is 4.69. The zero-order valence-corrected chi connectivity index (χ0v) is 9.96. The zero-order valence-electron chi connectivity index (χ0n) is 9.20. The molecule has 0 amide bonds. The molecule has 0 aliphatic heterocycles. The highest BCUT2D eigenvalue weighted by Gasteiger charge is 2.52. The van der Waals surface area contributed by atoms with Gasteiger partial charge in [-0.25, -0.2) is 9.78 Å². The lowest BCUT2D eigenvalue weighted by atomic mass is 10.1. The van der Waals surface area contributed by atoms with Crippen LogP contribution in [0.3, 0.4) is 0 Å². The molecule has 2 nitrogen and oxygen atoms in total. The van der Waals surface area contributed by atoms with Gasteiger partial charge in [-0.15, -0.1) is 0 Å². The lowest BCUT2D eigenvalue weighted by Crippen LogP contribution is -1.93. The van der Waals surface area contributed by atoms with E-state index in [2.05, 4.69) is 13.0 Å². The minimum atomic E-state index is 0.493. The summed E-state index contributed by atoms with van der Waals surface area (Å²) in [5.41, 5.74) is 1.31. The fourth-order valence-electron chi connectivity index (χ4n) is 2.43. The summed E-state index contributed by atoms with van der Waals surface area (Å²) in [5, 5.41) is 1.04. The minimum absolute atomic E-state index is 0.493. The molecule has 3 atom stereocenters. The first kappa shape index (κ1) is 11.2.